The lowest BCUT2D eigenvalue weighted by atomic mass is 9.95. The Morgan fingerprint density at radius 2 is 1.91 bits per heavy atom. The van der Waals surface area contributed by atoms with E-state index in [2.05, 4.69) is 5.32 Å². The standard InChI is InChI=1S/C28H25ClN2O3S/c29-21-13-11-19(12-14-21)18-34-24-9-3-1-6-20(24)16-31-28-26(23-8-2-4-10-25(23)35-28)27(32)30-17-22-7-5-15-33-22/h1,3,5-7,9,11-16H,2,4,8,10,17-18H2,(H,30,32). The lowest BCUT2D eigenvalue weighted by molar-refractivity contribution is 0.0948. The van der Waals surface area contributed by atoms with Crippen LogP contribution in [0.3, 0.4) is 0 Å². The first-order valence-electron chi connectivity index (χ1n) is 11.6. The van der Waals surface area contributed by atoms with Crippen molar-refractivity contribution in [1.82, 2.24) is 5.32 Å². The zero-order valence-electron chi connectivity index (χ0n) is 19.1. The number of fused-ring (bicyclic) bond motifs is 1. The zero-order valence-corrected chi connectivity index (χ0v) is 20.7. The number of ether oxygens (including phenoxy) is 1. The van der Waals surface area contributed by atoms with Crippen molar-refractivity contribution in [3.05, 3.63) is 105 Å². The topological polar surface area (TPSA) is 63.8 Å². The Kier molecular flexibility index (Phi) is 7.31. The maximum Gasteiger partial charge on any atom is 0.255 e. The SMILES string of the molecule is O=C(NCc1ccco1)c1c(N=Cc2ccccc2OCc2ccc(Cl)cc2)sc2c1CCCC2. The van der Waals surface area contributed by atoms with Crippen LogP contribution in [0.1, 0.15) is 50.5 Å². The van der Waals surface area contributed by atoms with E-state index in [4.69, 9.17) is 25.7 Å². The molecule has 5 nitrogen and oxygen atoms in total. The van der Waals surface area contributed by atoms with Crippen molar-refractivity contribution in [2.75, 3.05) is 0 Å². The van der Waals surface area contributed by atoms with Gasteiger partial charge in [-0.3, -0.25) is 4.79 Å². The Balaban J connectivity index is 1.37. The molecule has 1 aliphatic carbocycles. The molecule has 0 unspecified atom stereocenters. The summed E-state index contributed by atoms with van der Waals surface area (Å²) in [4.78, 5) is 19.3. The Hall–Kier alpha value is -3.35. The predicted molar refractivity (Wildman–Crippen MR) is 140 cm³/mol. The van der Waals surface area contributed by atoms with Gasteiger partial charge in [-0.05, 0) is 73.2 Å². The normalized spacial score (nSPS) is 13.1. The van der Waals surface area contributed by atoms with Gasteiger partial charge < -0.3 is 14.5 Å². The number of aliphatic imine (C=N–C) groups is 1. The molecule has 0 spiro atoms. The molecule has 5 rings (SSSR count). The number of thiophene rings is 1. The first kappa shape index (κ1) is 23.4. The van der Waals surface area contributed by atoms with Crippen molar-refractivity contribution in [2.45, 2.75) is 38.8 Å². The molecule has 0 saturated carbocycles. The number of hydrogen-bond acceptors (Lipinski definition) is 5. The summed E-state index contributed by atoms with van der Waals surface area (Å²) in [7, 11) is 0. The lowest BCUT2D eigenvalue weighted by Crippen LogP contribution is -2.23. The van der Waals surface area contributed by atoms with Crippen LogP contribution in [0.25, 0.3) is 0 Å². The first-order chi connectivity index (χ1) is 17.2. The van der Waals surface area contributed by atoms with E-state index in [0.29, 0.717) is 23.7 Å². The van der Waals surface area contributed by atoms with E-state index < -0.39 is 0 Å². The molecule has 1 amide bonds. The van der Waals surface area contributed by atoms with Gasteiger partial charge in [0.2, 0.25) is 0 Å². The quantitative estimate of drug-likeness (QED) is 0.259. The van der Waals surface area contributed by atoms with Crippen LogP contribution in [0.2, 0.25) is 5.02 Å². The summed E-state index contributed by atoms with van der Waals surface area (Å²) in [5.74, 6) is 1.34. The van der Waals surface area contributed by atoms with Gasteiger partial charge in [-0.2, -0.15) is 0 Å². The van der Waals surface area contributed by atoms with Gasteiger partial charge in [0.05, 0.1) is 18.4 Å². The molecule has 1 N–H and O–H groups in total. The number of halogens is 1. The van der Waals surface area contributed by atoms with Gasteiger partial charge in [0.25, 0.3) is 5.91 Å². The van der Waals surface area contributed by atoms with Gasteiger partial charge in [-0.25, -0.2) is 4.99 Å². The van der Waals surface area contributed by atoms with E-state index in [0.717, 1.165) is 58.9 Å². The fourth-order valence-electron chi connectivity index (χ4n) is 4.13. The highest BCUT2D eigenvalue weighted by molar-refractivity contribution is 7.16. The summed E-state index contributed by atoms with van der Waals surface area (Å²) < 4.78 is 11.4. The van der Waals surface area contributed by atoms with Crippen molar-refractivity contribution >= 4 is 40.1 Å². The molecule has 0 radical (unpaired) electrons. The molecule has 35 heavy (non-hydrogen) atoms. The third-order valence-corrected chi connectivity index (χ3v) is 7.38. The Morgan fingerprint density at radius 3 is 2.74 bits per heavy atom. The summed E-state index contributed by atoms with van der Waals surface area (Å²) in [6.45, 7) is 0.775. The van der Waals surface area contributed by atoms with Crippen LogP contribution in [0, 0.1) is 0 Å². The van der Waals surface area contributed by atoms with Gasteiger partial charge >= 0.3 is 0 Å². The summed E-state index contributed by atoms with van der Waals surface area (Å²) in [5.41, 5.74) is 3.71. The number of benzene rings is 2. The van der Waals surface area contributed by atoms with Gasteiger partial charge in [0.15, 0.2) is 0 Å². The molecule has 0 aliphatic heterocycles. The monoisotopic (exact) mass is 504 g/mol. The summed E-state index contributed by atoms with van der Waals surface area (Å²) in [5, 5.41) is 4.43. The molecule has 0 fully saturated rings. The second-order valence-corrected chi connectivity index (χ2v) is 9.88. The molecule has 2 aromatic carbocycles. The molecular formula is C28H25ClN2O3S. The molecule has 2 heterocycles. The molecule has 2 aromatic heterocycles. The van der Waals surface area contributed by atoms with Crippen LogP contribution in [0.4, 0.5) is 5.00 Å². The van der Waals surface area contributed by atoms with Crippen LogP contribution in [-0.4, -0.2) is 12.1 Å². The zero-order chi connectivity index (χ0) is 24.0. The third kappa shape index (κ3) is 5.66. The molecular weight excluding hydrogens is 480 g/mol. The fourth-order valence-corrected chi connectivity index (χ4v) is 5.49. The summed E-state index contributed by atoms with van der Waals surface area (Å²) in [6.07, 6.45) is 7.53. The van der Waals surface area contributed by atoms with Gasteiger partial charge in [-0.15, -0.1) is 11.3 Å². The number of hydrogen-bond donors (Lipinski definition) is 1. The lowest BCUT2D eigenvalue weighted by Gasteiger charge is -2.12. The van der Waals surface area contributed by atoms with Crippen LogP contribution in [0.5, 0.6) is 5.75 Å². The van der Waals surface area contributed by atoms with E-state index >= 15 is 0 Å². The average Bonchev–Trinajstić information content (AvgIpc) is 3.54. The maximum absolute atomic E-state index is 13.2. The van der Waals surface area contributed by atoms with E-state index in [1.807, 2.05) is 60.7 Å². The van der Waals surface area contributed by atoms with E-state index in [1.54, 1.807) is 23.8 Å². The smallest absolute Gasteiger partial charge is 0.255 e. The Bertz CT molecular complexity index is 1330. The number of aryl methyl sites for hydroxylation is 1. The highest BCUT2D eigenvalue weighted by Crippen LogP contribution is 2.40. The third-order valence-electron chi connectivity index (χ3n) is 5.93. The first-order valence-corrected chi connectivity index (χ1v) is 12.8. The molecule has 4 aromatic rings. The van der Waals surface area contributed by atoms with Gasteiger partial charge in [-0.1, -0.05) is 35.9 Å². The molecule has 0 atom stereocenters. The van der Waals surface area contributed by atoms with Gasteiger partial charge in [0.1, 0.15) is 23.1 Å². The summed E-state index contributed by atoms with van der Waals surface area (Å²) in [6, 6.07) is 19.0. The Morgan fingerprint density at radius 1 is 1.09 bits per heavy atom. The van der Waals surface area contributed by atoms with Crippen LogP contribution >= 0.6 is 22.9 Å². The molecule has 178 valence electrons. The van der Waals surface area contributed by atoms with Crippen molar-refractivity contribution < 1.29 is 13.9 Å². The number of rotatable bonds is 8. The number of nitrogens with one attached hydrogen (secondary N) is 1. The van der Waals surface area contributed by atoms with Crippen LogP contribution in [0.15, 0.2) is 76.3 Å². The predicted octanol–water partition coefficient (Wildman–Crippen LogP) is 7.13. The molecule has 7 heteroatoms. The minimum Gasteiger partial charge on any atom is -0.488 e. The Labute approximate surface area is 213 Å². The van der Waals surface area contributed by atoms with Crippen molar-refractivity contribution in [1.29, 1.82) is 0 Å². The second kappa shape index (κ2) is 10.9. The number of carbonyl (C=O) groups excluding carboxylic acids is 1. The van der Waals surface area contributed by atoms with Gasteiger partial charge in [0, 0.05) is 21.7 Å². The van der Waals surface area contributed by atoms with E-state index in [-0.39, 0.29) is 5.91 Å². The van der Waals surface area contributed by atoms with Crippen molar-refractivity contribution in [3.8, 4) is 5.75 Å². The number of para-hydroxylation sites is 1. The van der Waals surface area contributed by atoms with Crippen molar-refractivity contribution in [2.24, 2.45) is 4.99 Å². The molecule has 0 saturated heterocycles. The maximum atomic E-state index is 13.2. The van der Waals surface area contributed by atoms with Crippen LogP contribution < -0.4 is 10.1 Å². The molecule has 1 aliphatic rings. The molecule has 0 bridgehead atoms. The van der Waals surface area contributed by atoms with E-state index in [1.165, 1.54) is 4.88 Å². The number of nitrogens with zero attached hydrogens (tertiary/aromatic N) is 1. The largest absolute Gasteiger partial charge is 0.488 e. The minimum atomic E-state index is -0.111. The van der Waals surface area contributed by atoms with Crippen LogP contribution in [-0.2, 0) is 26.0 Å². The highest BCUT2D eigenvalue weighted by atomic mass is 35.5. The number of carbonyl (C=O) groups is 1. The highest BCUT2D eigenvalue weighted by Gasteiger charge is 2.25. The minimum absolute atomic E-state index is 0.111. The number of amides is 1. The van der Waals surface area contributed by atoms with Crippen molar-refractivity contribution in [3.63, 3.8) is 0 Å². The summed E-state index contributed by atoms with van der Waals surface area (Å²) >= 11 is 7.60. The second-order valence-electron chi connectivity index (χ2n) is 8.36. The van der Waals surface area contributed by atoms with E-state index in [9.17, 15) is 4.79 Å². The number of furan rings is 1. The fraction of sp³-hybridized carbons (Fsp3) is 0.214. The average molecular weight is 505 g/mol.